The molecule has 178 valence electrons. The second kappa shape index (κ2) is 9.79. The molecule has 2 fully saturated rings. The Morgan fingerprint density at radius 1 is 1.06 bits per heavy atom. The lowest BCUT2D eigenvalue weighted by atomic mass is 9.94. The highest BCUT2D eigenvalue weighted by Crippen LogP contribution is 2.44. The van der Waals surface area contributed by atoms with Gasteiger partial charge in [-0.3, -0.25) is 4.98 Å². The first-order valence-corrected chi connectivity index (χ1v) is 12.9. The van der Waals surface area contributed by atoms with Crippen LogP contribution in [0.2, 0.25) is 0 Å². The Morgan fingerprint density at radius 3 is 2.50 bits per heavy atom. The summed E-state index contributed by atoms with van der Waals surface area (Å²) < 4.78 is 8.26. The predicted molar refractivity (Wildman–Crippen MR) is 142 cm³/mol. The van der Waals surface area contributed by atoms with Crippen LogP contribution in [0.15, 0.2) is 54.7 Å². The molecular weight excluding hydrogens is 440 g/mol. The van der Waals surface area contributed by atoms with Crippen molar-refractivity contribution in [3.8, 4) is 5.75 Å². The van der Waals surface area contributed by atoms with Gasteiger partial charge in [-0.25, -0.2) is 0 Å². The maximum atomic E-state index is 5.92. The van der Waals surface area contributed by atoms with E-state index >= 15 is 0 Å². The highest BCUT2D eigenvalue weighted by molar-refractivity contribution is 7.80. The number of pyridine rings is 1. The smallest absolute Gasteiger partial charge is 0.174 e. The van der Waals surface area contributed by atoms with Gasteiger partial charge in [0.25, 0.3) is 0 Å². The minimum absolute atomic E-state index is 0.0175. The Morgan fingerprint density at radius 2 is 1.82 bits per heavy atom. The lowest BCUT2D eigenvalue weighted by molar-refractivity contribution is 0.340. The summed E-state index contributed by atoms with van der Waals surface area (Å²) in [6.45, 7) is 7.19. The van der Waals surface area contributed by atoms with E-state index in [0.717, 1.165) is 22.2 Å². The van der Waals surface area contributed by atoms with Crippen LogP contribution in [0.3, 0.4) is 0 Å². The van der Waals surface area contributed by atoms with Gasteiger partial charge in [0.2, 0.25) is 0 Å². The van der Waals surface area contributed by atoms with Crippen molar-refractivity contribution >= 4 is 23.0 Å². The van der Waals surface area contributed by atoms with Crippen LogP contribution in [0.4, 0.5) is 5.69 Å². The molecule has 0 bridgehead atoms. The molecule has 2 aromatic heterocycles. The number of ether oxygens (including phenoxy) is 1. The first kappa shape index (κ1) is 22.9. The fraction of sp³-hybridized carbons (Fsp3) is 0.429. The van der Waals surface area contributed by atoms with Gasteiger partial charge in [0, 0.05) is 29.3 Å². The number of aromatic nitrogens is 2. The predicted octanol–water partition coefficient (Wildman–Crippen LogP) is 6.58. The highest BCUT2D eigenvalue weighted by atomic mass is 32.1. The molecule has 1 aliphatic carbocycles. The van der Waals surface area contributed by atoms with E-state index in [4.69, 9.17) is 21.9 Å². The molecule has 1 aliphatic heterocycles. The summed E-state index contributed by atoms with van der Waals surface area (Å²) in [5.74, 6) is 0.873. The first-order chi connectivity index (χ1) is 16.6. The molecule has 5 rings (SSSR count). The molecule has 0 unspecified atom stereocenters. The number of benzene rings is 1. The van der Waals surface area contributed by atoms with Crippen LogP contribution in [-0.2, 0) is 0 Å². The Labute approximate surface area is 208 Å². The van der Waals surface area contributed by atoms with E-state index in [2.05, 4.69) is 59.0 Å². The van der Waals surface area contributed by atoms with E-state index in [0.29, 0.717) is 12.6 Å². The minimum atomic E-state index is -0.0272. The molecule has 1 saturated heterocycles. The third-order valence-electron chi connectivity index (χ3n) is 7.31. The van der Waals surface area contributed by atoms with Gasteiger partial charge < -0.3 is 19.5 Å². The topological polar surface area (TPSA) is 42.3 Å². The van der Waals surface area contributed by atoms with Gasteiger partial charge in [0.1, 0.15) is 5.75 Å². The van der Waals surface area contributed by atoms with Crippen LogP contribution >= 0.6 is 12.2 Å². The average molecular weight is 475 g/mol. The normalized spacial score (nSPS) is 21.0. The third-order valence-corrected chi connectivity index (χ3v) is 7.62. The first-order valence-electron chi connectivity index (χ1n) is 12.5. The lowest BCUT2D eigenvalue weighted by Gasteiger charge is -2.30. The quantitative estimate of drug-likeness (QED) is 0.409. The summed E-state index contributed by atoms with van der Waals surface area (Å²) in [5, 5.41) is 4.33. The van der Waals surface area contributed by atoms with E-state index in [1.54, 1.807) is 0 Å². The summed E-state index contributed by atoms with van der Waals surface area (Å²) in [7, 11) is 0. The summed E-state index contributed by atoms with van der Waals surface area (Å²) in [6.07, 6.45) is 8.40. The lowest BCUT2D eigenvalue weighted by Crippen LogP contribution is -2.29. The maximum absolute atomic E-state index is 5.92. The third kappa shape index (κ3) is 4.20. The van der Waals surface area contributed by atoms with Crippen LogP contribution in [0.1, 0.15) is 79.8 Å². The molecular formula is C28H34N4OS. The Kier molecular flexibility index (Phi) is 6.59. The number of rotatable bonds is 6. The van der Waals surface area contributed by atoms with Crippen molar-refractivity contribution < 1.29 is 4.74 Å². The molecule has 0 radical (unpaired) electrons. The van der Waals surface area contributed by atoms with Crippen molar-refractivity contribution in [1.29, 1.82) is 0 Å². The molecule has 2 aliphatic rings. The van der Waals surface area contributed by atoms with E-state index in [1.807, 2.05) is 31.3 Å². The molecule has 1 saturated carbocycles. The van der Waals surface area contributed by atoms with Crippen molar-refractivity contribution in [3.05, 3.63) is 77.4 Å². The molecule has 5 nitrogen and oxygen atoms in total. The van der Waals surface area contributed by atoms with E-state index < -0.39 is 0 Å². The molecule has 6 heteroatoms. The van der Waals surface area contributed by atoms with Crippen molar-refractivity contribution in [3.63, 3.8) is 0 Å². The minimum Gasteiger partial charge on any atom is -0.494 e. The summed E-state index contributed by atoms with van der Waals surface area (Å²) >= 11 is 5.92. The number of hydrogen-bond acceptors (Lipinski definition) is 3. The monoisotopic (exact) mass is 474 g/mol. The van der Waals surface area contributed by atoms with Gasteiger partial charge in [-0.15, -0.1) is 0 Å². The molecule has 1 aromatic carbocycles. The van der Waals surface area contributed by atoms with Crippen LogP contribution in [0.5, 0.6) is 5.75 Å². The van der Waals surface area contributed by atoms with Gasteiger partial charge in [-0.05, 0) is 93.9 Å². The number of nitrogens with zero attached hydrogens (tertiary/aromatic N) is 3. The van der Waals surface area contributed by atoms with Gasteiger partial charge in [-0.2, -0.15) is 0 Å². The Bertz CT molecular complexity index is 1140. The molecule has 0 spiro atoms. The maximum Gasteiger partial charge on any atom is 0.174 e. The van der Waals surface area contributed by atoms with Crippen molar-refractivity contribution in [2.24, 2.45) is 0 Å². The van der Waals surface area contributed by atoms with Gasteiger partial charge in [-0.1, -0.05) is 25.3 Å². The summed E-state index contributed by atoms with van der Waals surface area (Å²) in [6, 6.07) is 17.3. The number of thiocarbonyl (C=S) groups is 1. The van der Waals surface area contributed by atoms with Gasteiger partial charge >= 0.3 is 0 Å². The number of aryl methyl sites for hydroxylation is 1. The van der Waals surface area contributed by atoms with Crippen LogP contribution < -0.4 is 15.0 Å². The van der Waals surface area contributed by atoms with Crippen molar-refractivity contribution in [2.75, 3.05) is 11.5 Å². The second-order valence-corrected chi connectivity index (χ2v) is 9.80. The van der Waals surface area contributed by atoms with E-state index in [1.165, 1.54) is 49.1 Å². The molecule has 34 heavy (non-hydrogen) atoms. The van der Waals surface area contributed by atoms with Crippen molar-refractivity contribution in [2.45, 2.75) is 71.0 Å². The van der Waals surface area contributed by atoms with Crippen molar-refractivity contribution in [1.82, 2.24) is 14.9 Å². The SMILES string of the molecule is CCOc1ccc(N2C(=S)N[C@@H](c3ccccn3)[C@@H]2c2cc(C)n(C3CCCCC3)c2C)cc1. The zero-order valence-corrected chi connectivity index (χ0v) is 21.1. The standard InChI is InChI=1S/C28H34N4OS/c1-4-33-23-15-13-22(14-16-23)32-27(26(30-28(32)34)25-12-8-9-17-29-25)24-18-19(2)31(20(24)3)21-10-6-5-7-11-21/h8-9,12-18,21,26-27H,4-7,10-11H2,1-3H3,(H,30,34)/t26-,27-/m0/s1. The van der Waals surface area contributed by atoms with Crippen LogP contribution in [0.25, 0.3) is 0 Å². The Hall–Kier alpha value is -2.86. The number of nitrogens with one attached hydrogen (secondary N) is 1. The number of anilines is 1. The van der Waals surface area contributed by atoms with Gasteiger partial charge in [0.05, 0.1) is 24.4 Å². The largest absolute Gasteiger partial charge is 0.494 e. The fourth-order valence-corrected chi connectivity index (χ4v) is 6.17. The zero-order chi connectivity index (χ0) is 23.7. The summed E-state index contributed by atoms with van der Waals surface area (Å²) in [4.78, 5) is 6.97. The molecule has 0 amide bonds. The summed E-state index contributed by atoms with van der Waals surface area (Å²) in [5.41, 5.74) is 6.07. The second-order valence-electron chi connectivity index (χ2n) is 9.41. The van der Waals surface area contributed by atoms with Gasteiger partial charge in [0.15, 0.2) is 5.11 Å². The molecule has 3 heterocycles. The van der Waals surface area contributed by atoms with E-state index in [9.17, 15) is 0 Å². The zero-order valence-electron chi connectivity index (χ0n) is 20.3. The average Bonchev–Trinajstić information content (AvgIpc) is 3.36. The fourth-order valence-electron chi connectivity index (χ4n) is 5.82. The van der Waals surface area contributed by atoms with Crippen LogP contribution in [-0.4, -0.2) is 21.3 Å². The Balaban J connectivity index is 1.59. The van der Waals surface area contributed by atoms with E-state index in [-0.39, 0.29) is 12.1 Å². The highest BCUT2D eigenvalue weighted by Gasteiger charge is 2.42. The molecule has 1 N–H and O–H groups in total. The number of hydrogen-bond donors (Lipinski definition) is 1. The molecule has 2 atom stereocenters. The molecule has 3 aromatic rings. The van der Waals surface area contributed by atoms with Crippen LogP contribution in [0, 0.1) is 13.8 Å².